The summed E-state index contributed by atoms with van der Waals surface area (Å²) in [6, 6.07) is 7.15. The topological polar surface area (TPSA) is 41.6 Å². The molecular weight excluding hydrogens is 332 g/mol. The van der Waals surface area contributed by atoms with Crippen LogP contribution in [0.5, 0.6) is 5.75 Å². The van der Waals surface area contributed by atoms with E-state index in [1.807, 2.05) is 17.8 Å². The number of aryl methyl sites for hydroxylation is 1. The lowest BCUT2D eigenvalue weighted by atomic mass is 9.83. The molecule has 4 rings (SSSR count). The maximum Gasteiger partial charge on any atom is 0.223 e. The number of carbonyl (C=O) groups is 1. The highest BCUT2D eigenvalue weighted by Crippen LogP contribution is 2.30. The predicted octanol–water partition coefficient (Wildman–Crippen LogP) is 2.50. The molecule has 0 aromatic heterocycles. The second kappa shape index (κ2) is 7.58. The molecule has 0 bridgehead atoms. The SMILES string of the molecule is COc1ccc2c(c1)CCC(C(=O)NC1CCCN3CCSCC13)C2. The van der Waals surface area contributed by atoms with E-state index in [9.17, 15) is 4.79 Å². The van der Waals surface area contributed by atoms with Crippen LogP contribution in [0.1, 0.15) is 30.4 Å². The second-order valence-electron chi connectivity index (χ2n) is 7.51. The van der Waals surface area contributed by atoms with E-state index >= 15 is 0 Å². The maximum absolute atomic E-state index is 12.9. The molecule has 2 heterocycles. The summed E-state index contributed by atoms with van der Waals surface area (Å²) in [7, 11) is 1.71. The maximum atomic E-state index is 12.9. The van der Waals surface area contributed by atoms with Crippen LogP contribution in [0.15, 0.2) is 18.2 Å². The minimum Gasteiger partial charge on any atom is -0.497 e. The van der Waals surface area contributed by atoms with Crippen molar-refractivity contribution >= 4 is 17.7 Å². The molecule has 2 saturated heterocycles. The molecular formula is C20H28N2O2S. The standard InChI is InChI=1S/C20H28N2O2S/c1-24-17-7-6-14-11-16(5-4-15(14)12-17)20(23)21-18-3-2-8-22-9-10-25-13-19(18)22/h6-7,12,16,18-19H,2-5,8-11,13H2,1H3,(H,21,23). The van der Waals surface area contributed by atoms with Gasteiger partial charge in [-0.25, -0.2) is 0 Å². The fourth-order valence-electron chi connectivity index (χ4n) is 4.56. The third-order valence-corrected chi connectivity index (χ3v) is 7.09. The van der Waals surface area contributed by atoms with Crippen molar-refractivity contribution in [3.05, 3.63) is 29.3 Å². The number of rotatable bonds is 3. The van der Waals surface area contributed by atoms with Crippen molar-refractivity contribution < 1.29 is 9.53 Å². The first-order chi connectivity index (χ1) is 12.2. The van der Waals surface area contributed by atoms with Gasteiger partial charge >= 0.3 is 0 Å². The van der Waals surface area contributed by atoms with Crippen LogP contribution in [0.2, 0.25) is 0 Å². The number of nitrogens with zero attached hydrogens (tertiary/aromatic N) is 1. The molecule has 2 fully saturated rings. The average molecular weight is 361 g/mol. The number of nitrogens with one attached hydrogen (secondary N) is 1. The highest BCUT2D eigenvalue weighted by Gasteiger charge is 2.35. The molecule has 1 amide bonds. The van der Waals surface area contributed by atoms with Gasteiger partial charge < -0.3 is 10.1 Å². The van der Waals surface area contributed by atoms with Gasteiger partial charge in [0.2, 0.25) is 5.91 Å². The zero-order valence-electron chi connectivity index (χ0n) is 15.0. The number of carbonyl (C=O) groups excluding carboxylic acids is 1. The molecule has 136 valence electrons. The lowest BCUT2D eigenvalue weighted by Crippen LogP contribution is -2.59. The molecule has 1 N–H and O–H groups in total. The number of thioether (sulfide) groups is 1. The van der Waals surface area contributed by atoms with Crippen LogP contribution < -0.4 is 10.1 Å². The van der Waals surface area contributed by atoms with Crippen LogP contribution in [0.3, 0.4) is 0 Å². The molecule has 25 heavy (non-hydrogen) atoms. The minimum absolute atomic E-state index is 0.118. The highest BCUT2D eigenvalue weighted by molar-refractivity contribution is 7.99. The van der Waals surface area contributed by atoms with Crippen molar-refractivity contribution in [1.29, 1.82) is 0 Å². The number of fused-ring (bicyclic) bond motifs is 2. The van der Waals surface area contributed by atoms with Gasteiger partial charge in [0.15, 0.2) is 0 Å². The molecule has 1 aliphatic carbocycles. The number of hydrogen-bond acceptors (Lipinski definition) is 4. The van der Waals surface area contributed by atoms with E-state index in [2.05, 4.69) is 22.3 Å². The van der Waals surface area contributed by atoms with Crippen molar-refractivity contribution in [2.45, 2.75) is 44.2 Å². The Balaban J connectivity index is 1.39. The molecule has 5 heteroatoms. The van der Waals surface area contributed by atoms with Crippen molar-refractivity contribution in [2.75, 3.05) is 31.7 Å². The molecule has 3 aliphatic rings. The first-order valence-electron chi connectivity index (χ1n) is 9.52. The zero-order valence-corrected chi connectivity index (χ0v) is 15.8. The number of benzene rings is 1. The molecule has 1 aromatic rings. The van der Waals surface area contributed by atoms with Crippen molar-refractivity contribution in [3.8, 4) is 5.75 Å². The Kier molecular flexibility index (Phi) is 5.23. The average Bonchev–Trinajstić information content (AvgIpc) is 2.67. The monoisotopic (exact) mass is 360 g/mol. The zero-order chi connectivity index (χ0) is 17.2. The van der Waals surface area contributed by atoms with Crippen LogP contribution in [-0.4, -0.2) is 54.6 Å². The second-order valence-corrected chi connectivity index (χ2v) is 8.66. The molecule has 0 saturated carbocycles. The summed E-state index contributed by atoms with van der Waals surface area (Å²) in [5, 5.41) is 3.42. The summed E-state index contributed by atoms with van der Waals surface area (Å²) in [5.41, 5.74) is 2.65. The number of amides is 1. The number of ether oxygens (including phenoxy) is 1. The van der Waals surface area contributed by atoms with Gasteiger partial charge in [0.25, 0.3) is 0 Å². The lowest BCUT2D eigenvalue weighted by Gasteiger charge is -2.44. The Morgan fingerprint density at radius 2 is 2.20 bits per heavy atom. The summed E-state index contributed by atoms with van der Waals surface area (Å²) in [6.07, 6.45) is 5.12. The Morgan fingerprint density at radius 1 is 1.28 bits per heavy atom. The molecule has 1 aromatic carbocycles. The summed E-state index contributed by atoms with van der Waals surface area (Å²) in [6.45, 7) is 2.39. The highest BCUT2D eigenvalue weighted by atomic mass is 32.2. The Morgan fingerprint density at radius 3 is 3.08 bits per heavy atom. The quantitative estimate of drug-likeness (QED) is 0.899. The Labute approximate surface area is 154 Å². The third-order valence-electron chi connectivity index (χ3n) is 6.05. The predicted molar refractivity (Wildman–Crippen MR) is 102 cm³/mol. The van der Waals surface area contributed by atoms with Gasteiger partial charge in [-0.3, -0.25) is 9.69 Å². The van der Waals surface area contributed by atoms with Gasteiger partial charge in [-0.1, -0.05) is 6.07 Å². The number of methoxy groups -OCH3 is 1. The molecule has 0 radical (unpaired) electrons. The van der Waals surface area contributed by atoms with Crippen LogP contribution in [-0.2, 0) is 17.6 Å². The Hall–Kier alpha value is -1.20. The van der Waals surface area contributed by atoms with Crippen molar-refractivity contribution in [3.63, 3.8) is 0 Å². The van der Waals surface area contributed by atoms with E-state index in [0.717, 1.165) is 37.2 Å². The van der Waals surface area contributed by atoms with E-state index in [1.165, 1.54) is 36.4 Å². The smallest absolute Gasteiger partial charge is 0.223 e. The molecule has 3 unspecified atom stereocenters. The van der Waals surface area contributed by atoms with Crippen LogP contribution >= 0.6 is 11.8 Å². The number of piperidine rings is 1. The number of hydrogen-bond donors (Lipinski definition) is 1. The lowest BCUT2D eigenvalue weighted by molar-refractivity contribution is -0.126. The normalized spacial score (nSPS) is 29.4. The van der Waals surface area contributed by atoms with E-state index in [4.69, 9.17) is 4.74 Å². The first kappa shape index (κ1) is 17.2. The largest absolute Gasteiger partial charge is 0.497 e. The van der Waals surface area contributed by atoms with Gasteiger partial charge in [-0.2, -0.15) is 11.8 Å². The molecule has 3 atom stereocenters. The van der Waals surface area contributed by atoms with Crippen molar-refractivity contribution in [2.24, 2.45) is 5.92 Å². The van der Waals surface area contributed by atoms with Gasteiger partial charge in [0, 0.05) is 36.1 Å². The fourth-order valence-corrected chi connectivity index (χ4v) is 5.78. The fraction of sp³-hybridized carbons (Fsp3) is 0.650. The summed E-state index contributed by atoms with van der Waals surface area (Å²) in [5.74, 6) is 3.70. The Bertz CT molecular complexity index is 634. The molecule has 2 aliphatic heterocycles. The molecule has 0 spiro atoms. The van der Waals surface area contributed by atoms with Gasteiger partial charge in [0.05, 0.1) is 7.11 Å². The van der Waals surface area contributed by atoms with Crippen molar-refractivity contribution in [1.82, 2.24) is 10.2 Å². The van der Waals surface area contributed by atoms with E-state index in [0.29, 0.717) is 12.1 Å². The van der Waals surface area contributed by atoms with Gasteiger partial charge in [0.1, 0.15) is 5.75 Å². The van der Waals surface area contributed by atoms with Crippen LogP contribution in [0.25, 0.3) is 0 Å². The first-order valence-corrected chi connectivity index (χ1v) is 10.7. The van der Waals surface area contributed by atoms with E-state index in [1.54, 1.807) is 7.11 Å². The molecule has 4 nitrogen and oxygen atoms in total. The third kappa shape index (κ3) is 3.68. The van der Waals surface area contributed by atoms with Gasteiger partial charge in [-0.15, -0.1) is 0 Å². The van der Waals surface area contributed by atoms with Crippen LogP contribution in [0.4, 0.5) is 0 Å². The summed E-state index contributed by atoms with van der Waals surface area (Å²) >= 11 is 2.04. The van der Waals surface area contributed by atoms with Gasteiger partial charge in [-0.05, 0) is 61.9 Å². The summed E-state index contributed by atoms with van der Waals surface area (Å²) in [4.78, 5) is 15.5. The van der Waals surface area contributed by atoms with E-state index in [-0.39, 0.29) is 11.8 Å². The summed E-state index contributed by atoms with van der Waals surface area (Å²) < 4.78 is 5.32. The van der Waals surface area contributed by atoms with E-state index < -0.39 is 0 Å². The van der Waals surface area contributed by atoms with Crippen LogP contribution in [0, 0.1) is 5.92 Å². The minimum atomic E-state index is 0.118.